The van der Waals surface area contributed by atoms with E-state index in [1.807, 2.05) is 6.92 Å². The lowest BCUT2D eigenvalue weighted by atomic mass is 10.2. The zero-order chi connectivity index (χ0) is 9.14. The lowest BCUT2D eigenvalue weighted by molar-refractivity contribution is 0.682. The van der Waals surface area contributed by atoms with Gasteiger partial charge in [-0.25, -0.2) is 4.98 Å². The van der Waals surface area contributed by atoms with Crippen molar-refractivity contribution >= 4 is 22.1 Å². The third kappa shape index (κ3) is 1.93. The van der Waals surface area contributed by atoms with Crippen molar-refractivity contribution in [3.05, 3.63) is 11.2 Å². The van der Waals surface area contributed by atoms with E-state index in [-0.39, 0.29) is 0 Å². The number of hydrogen-bond donors (Lipinski definition) is 0. The summed E-state index contributed by atoms with van der Waals surface area (Å²) in [4.78, 5) is 4.21. The summed E-state index contributed by atoms with van der Waals surface area (Å²) >= 11 is 1.50. The fourth-order valence-corrected chi connectivity index (χ4v) is 3.30. The quantitative estimate of drug-likeness (QED) is 0.755. The normalized spacial score (nSPS) is 13.7. The van der Waals surface area contributed by atoms with Gasteiger partial charge < -0.3 is 0 Å². The van der Waals surface area contributed by atoms with Gasteiger partial charge in [-0.2, -0.15) is 0 Å². The van der Waals surface area contributed by atoms with E-state index in [0.717, 1.165) is 9.90 Å². The maximum Gasteiger partial charge on any atom is 0.114 e. The van der Waals surface area contributed by atoms with Crippen LogP contribution in [0.3, 0.4) is 0 Å². The molecular formula is C8H13NOS2. The van der Waals surface area contributed by atoms with Gasteiger partial charge in [0.15, 0.2) is 0 Å². The Kier molecular flexibility index (Phi) is 3.40. The van der Waals surface area contributed by atoms with Crippen molar-refractivity contribution in [2.45, 2.75) is 30.9 Å². The maximum atomic E-state index is 11.5. The monoisotopic (exact) mass is 203 g/mol. The van der Waals surface area contributed by atoms with Gasteiger partial charge in [0.2, 0.25) is 0 Å². The smallest absolute Gasteiger partial charge is 0.114 e. The van der Waals surface area contributed by atoms with Gasteiger partial charge in [0.25, 0.3) is 0 Å². The summed E-state index contributed by atoms with van der Waals surface area (Å²) < 4.78 is 12.4. The highest BCUT2D eigenvalue weighted by molar-refractivity contribution is 7.87. The highest BCUT2D eigenvalue weighted by Crippen LogP contribution is 2.24. The summed E-state index contributed by atoms with van der Waals surface area (Å²) in [6.45, 7) is 6.08. The predicted molar refractivity (Wildman–Crippen MR) is 53.2 cm³/mol. The van der Waals surface area contributed by atoms with Crippen molar-refractivity contribution < 1.29 is 4.21 Å². The molecule has 0 radical (unpaired) electrons. The molecule has 1 rings (SSSR count). The molecule has 0 spiro atoms. The van der Waals surface area contributed by atoms with Crippen LogP contribution in [0.1, 0.15) is 32.4 Å². The van der Waals surface area contributed by atoms with Gasteiger partial charge in [0.05, 0.1) is 22.0 Å². The molecule has 4 heteroatoms. The molecule has 0 aromatic carbocycles. The van der Waals surface area contributed by atoms with Crippen LogP contribution in [0.15, 0.2) is 9.72 Å². The second-order valence-electron chi connectivity index (χ2n) is 2.81. The van der Waals surface area contributed by atoms with Crippen molar-refractivity contribution in [3.63, 3.8) is 0 Å². The number of aromatic nitrogens is 1. The Balaban J connectivity index is 2.99. The summed E-state index contributed by atoms with van der Waals surface area (Å²) in [7, 11) is -0.835. The van der Waals surface area contributed by atoms with E-state index in [4.69, 9.17) is 0 Å². The van der Waals surface area contributed by atoms with E-state index in [1.54, 1.807) is 5.51 Å². The highest BCUT2D eigenvalue weighted by atomic mass is 32.2. The van der Waals surface area contributed by atoms with Gasteiger partial charge in [-0.3, -0.25) is 4.21 Å². The summed E-state index contributed by atoms with van der Waals surface area (Å²) in [6, 6.07) is 0. The van der Waals surface area contributed by atoms with E-state index in [9.17, 15) is 4.21 Å². The first-order valence-electron chi connectivity index (χ1n) is 3.98. The molecule has 0 N–H and O–H groups in total. The second kappa shape index (κ2) is 4.14. The Hall–Kier alpha value is -0.220. The molecule has 0 saturated heterocycles. The number of nitrogens with zero attached hydrogens (tertiary/aromatic N) is 1. The average Bonchev–Trinajstić information content (AvgIpc) is 2.50. The van der Waals surface area contributed by atoms with Gasteiger partial charge in [-0.05, 0) is 5.92 Å². The van der Waals surface area contributed by atoms with Crippen LogP contribution >= 0.6 is 11.3 Å². The van der Waals surface area contributed by atoms with Gasteiger partial charge in [0, 0.05) is 5.75 Å². The molecule has 68 valence electrons. The molecule has 2 nitrogen and oxygen atoms in total. The first-order chi connectivity index (χ1) is 5.66. The molecule has 0 fully saturated rings. The predicted octanol–water partition coefficient (Wildman–Crippen LogP) is 2.39. The third-order valence-electron chi connectivity index (χ3n) is 1.58. The molecule has 12 heavy (non-hydrogen) atoms. The zero-order valence-electron chi connectivity index (χ0n) is 7.53. The van der Waals surface area contributed by atoms with Gasteiger partial charge in [-0.1, -0.05) is 20.8 Å². The van der Waals surface area contributed by atoms with Gasteiger partial charge >= 0.3 is 0 Å². The fourth-order valence-electron chi connectivity index (χ4n) is 0.930. The SMILES string of the molecule is CCS(=O)c1scnc1C(C)C. The van der Waals surface area contributed by atoms with E-state index in [1.165, 1.54) is 11.3 Å². The summed E-state index contributed by atoms with van der Waals surface area (Å²) in [5.74, 6) is 1.06. The largest absolute Gasteiger partial charge is 0.253 e. The van der Waals surface area contributed by atoms with Crippen LogP contribution in [0, 0.1) is 0 Å². The summed E-state index contributed by atoms with van der Waals surface area (Å²) in [6.07, 6.45) is 0. The van der Waals surface area contributed by atoms with Crippen molar-refractivity contribution in [1.29, 1.82) is 0 Å². The third-order valence-corrected chi connectivity index (χ3v) is 4.20. The molecule has 1 aromatic heterocycles. The molecule has 0 aliphatic rings. The van der Waals surface area contributed by atoms with E-state index >= 15 is 0 Å². The fraction of sp³-hybridized carbons (Fsp3) is 0.625. The Morgan fingerprint density at radius 2 is 2.33 bits per heavy atom. The van der Waals surface area contributed by atoms with Crippen LogP contribution in [0.5, 0.6) is 0 Å². The number of hydrogen-bond acceptors (Lipinski definition) is 3. The van der Waals surface area contributed by atoms with Crippen molar-refractivity contribution in [3.8, 4) is 0 Å². The van der Waals surface area contributed by atoms with Crippen molar-refractivity contribution in [2.75, 3.05) is 5.75 Å². The Bertz CT molecular complexity index is 280. The average molecular weight is 203 g/mol. The summed E-state index contributed by atoms with van der Waals surface area (Å²) in [5, 5.41) is 0. The van der Waals surface area contributed by atoms with Crippen LogP contribution in [0.4, 0.5) is 0 Å². The van der Waals surface area contributed by atoms with E-state index < -0.39 is 10.8 Å². The minimum atomic E-state index is -0.835. The zero-order valence-corrected chi connectivity index (χ0v) is 9.17. The van der Waals surface area contributed by atoms with Crippen LogP contribution < -0.4 is 0 Å². The van der Waals surface area contributed by atoms with Crippen LogP contribution in [0.2, 0.25) is 0 Å². The Morgan fingerprint density at radius 1 is 1.67 bits per heavy atom. The molecule has 0 bridgehead atoms. The maximum absolute atomic E-state index is 11.5. The molecular weight excluding hydrogens is 190 g/mol. The lowest BCUT2D eigenvalue weighted by Crippen LogP contribution is -1.98. The second-order valence-corrected chi connectivity index (χ2v) is 5.60. The number of thiazole rings is 1. The number of rotatable bonds is 3. The van der Waals surface area contributed by atoms with E-state index in [0.29, 0.717) is 11.7 Å². The molecule has 0 aliphatic heterocycles. The molecule has 0 amide bonds. The Morgan fingerprint density at radius 3 is 2.83 bits per heavy atom. The first kappa shape index (κ1) is 9.86. The molecule has 1 atom stereocenters. The molecule has 0 saturated carbocycles. The van der Waals surface area contributed by atoms with Crippen LogP contribution in [-0.2, 0) is 10.8 Å². The van der Waals surface area contributed by atoms with E-state index in [2.05, 4.69) is 18.8 Å². The minimum Gasteiger partial charge on any atom is -0.253 e. The lowest BCUT2D eigenvalue weighted by Gasteiger charge is -2.02. The molecule has 1 aromatic rings. The van der Waals surface area contributed by atoms with Crippen LogP contribution in [0.25, 0.3) is 0 Å². The topological polar surface area (TPSA) is 30.0 Å². The van der Waals surface area contributed by atoms with Gasteiger partial charge in [-0.15, -0.1) is 11.3 Å². The molecule has 0 aliphatic carbocycles. The van der Waals surface area contributed by atoms with Gasteiger partial charge in [0.1, 0.15) is 4.21 Å². The minimum absolute atomic E-state index is 0.377. The summed E-state index contributed by atoms with van der Waals surface area (Å²) in [5.41, 5.74) is 2.78. The van der Waals surface area contributed by atoms with Crippen LogP contribution in [-0.4, -0.2) is 14.9 Å². The standard InChI is InChI=1S/C8H13NOS2/c1-4-12(10)8-7(6(2)3)9-5-11-8/h5-6H,4H2,1-3H3. The molecule has 1 unspecified atom stereocenters. The van der Waals surface area contributed by atoms with Crippen molar-refractivity contribution in [2.24, 2.45) is 0 Å². The van der Waals surface area contributed by atoms with Crippen molar-refractivity contribution in [1.82, 2.24) is 4.98 Å². The highest BCUT2D eigenvalue weighted by Gasteiger charge is 2.13. The first-order valence-corrected chi connectivity index (χ1v) is 6.18. The molecule has 1 heterocycles. The Labute approximate surface area is 79.5 Å².